The number of aliphatic hydroxyl groups excluding tert-OH is 2. The van der Waals surface area contributed by atoms with Gasteiger partial charge in [-0.05, 0) is 12.1 Å². The van der Waals surface area contributed by atoms with Gasteiger partial charge in [0, 0.05) is 12.5 Å². The first-order chi connectivity index (χ1) is 5.76. The van der Waals surface area contributed by atoms with Crippen LogP contribution in [-0.4, -0.2) is 22.9 Å². The lowest BCUT2D eigenvalue weighted by molar-refractivity contribution is 0.236. The summed E-state index contributed by atoms with van der Waals surface area (Å²) in [6, 6.07) is 3.16. The molecule has 0 aliphatic rings. The van der Waals surface area contributed by atoms with Crippen molar-refractivity contribution in [3.8, 4) is 0 Å². The fourth-order valence-electron chi connectivity index (χ4n) is 0.940. The van der Waals surface area contributed by atoms with Crippen LogP contribution in [-0.2, 0) is 13.0 Å². The van der Waals surface area contributed by atoms with Crippen LogP contribution in [0.3, 0.4) is 0 Å². The Balaban J connectivity index is 2.52. The molecule has 0 fully saturated rings. The predicted molar refractivity (Wildman–Crippen MR) is 43.4 cm³/mol. The molecule has 0 spiro atoms. The molecule has 0 bridgehead atoms. The van der Waals surface area contributed by atoms with Gasteiger partial charge in [0.05, 0.1) is 6.61 Å². The van der Waals surface area contributed by atoms with Gasteiger partial charge in [-0.2, -0.15) is 0 Å². The zero-order valence-corrected chi connectivity index (χ0v) is 6.73. The second-order valence-corrected chi connectivity index (χ2v) is 2.67. The van der Waals surface area contributed by atoms with Gasteiger partial charge in [0.25, 0.3) is 0 Å². The van der Waals surface area contributed by atoms with Crippen LogP contribution in [0.1, 0.15) is 11.5 Å². The van der Waals surface area contributed by atoms with Crippen molar-refractivity contribution in [2.24, 2.45) is 5.73 Å². The van der Waals surface area contributed by atoms with Gasteiger partial charge in [-0.25, -0.2) is 0 Å². The molecule has 0 radical (unpaired) electrons. The zero-order valence-electron chi connectivity index (χ0n) is 6.73. The van der Waals surface area contributed by atoms with E-state index in [1.807, 2.05) is 0 Å². The van der Waals surface area contributed by atoms with Crippen molar-refractivity contribution in [1.82, 2.24) is 0 Å². The number of hydrogen-bond acceptors (Lipinski definition) is 4. The summed E-state index contributed by atoms with van der Waals surface area (Å²) in [5.74, 6) is 1.22. The smallest absolute Gasteiger partial charge is 0.129 e. The summed E-state index contributed by atoms with van der Waals surface area (Å²) in [5.41, 5.74) is 5.48. The molecule has 4 heteroatoms. The van der Waals surface area contributed by atoms with Gasteiger partial charge in [-0.1, -0.05) is 0 Å². The van der Waals surface area contributed by atoms with E-state index in [1.54, 1.807) is 12.1 Å². The Kier molecular flexibility index (Phi) is 3.28. The maximum atomic E-state index is 8.67. The molecule has 4 nitrogen and oxygen atoms in total. The molecule has 0 amide bonds. The molecule has 1 aromatic heterocycles. The second-order valence-electron chi connectivity index (χ2n) is 2.67. The fraction of sp³-hybridized carbons (Fsp3) is 0.500. The van der Waals surface area contributed by atoms with Crippen LogP contribution in [0.25, 0.3) is 0 Å². The summed E-state index contributed by atoms with van der Waals surface area (Å²) >= 11 is 0. The Bertz CT molecular complexity index is 234. The fourth-order valence-corrected chi connectivity index (χ4v) is 0.940. The highest BCUT2D eigenvalue weighted by atomic mass is 16.4. The Labute approximate surface area is 70.6 Å². The minimum absolute atomic E-state index is 0.0604. The van der Waals surface area contributed by atoms with Crippen molar-refractivity contribution in [3.63, 3.8) is 0 Å². The molecule has 1 rings (SSSR count). The topological polar surface area (TPSA) is 79.6 Å². The summed E-state index contributed by atoms with van der Waals surface area (Å²) in [7, 11) is 0. The first-order valence-corrected chi connectivity index (χ1v) is 3.81. The zero-order chi connectivity index (χ0) is 8.97. The third kappa shape index (κ3) is 2.34. The Morgan fingerprint density at radius 3 is 2.50 bits per heavy atom. The molecule has 1 unspecified atom stereocenters. The molecular weight excluding hydrogens is 158 g/mol. The summed E-state index contributed by atoms with van der Waals surface area (Å²) < 4.78 is 5.16. The van der Waals surface area contributed by atoms with Crippen molar-refractivity contribution in [2.75, 3.05) is 6.61 Å². The van der Waals surface area contributed by atoms with Gasteiger partial charge in [0.1, 0.15) is 18.1 Å². The van der Waals surface area contributed by atoms with Gasteiger partial charge in [0.15, 0.2) is 0 Å². The molecule has 0 aliphatic carbocycles. The molecule has 1 heterocycles. The molecule has 1 atom stereocenters. The molecule has 0 aromatic carbocycles. The summed E-state index contributed by atoms with van der Waals surface area (Å²) in [4.78, 5) is 0. The largest absolute Gasteiger partial charge is 0.464 e. The van der Waals surface area contributed by atoms with Gasteiger partial charge in [-0.15, -0.1) is 0 Å². The third-order valence-corrected chi connectivity index (χ3v) is 1.57. The number of nitrogens with two attached hydrogens (primary N) is 1. The second kappa shape index (κ2) is 4.25. The molecule has 12 heavy (non-hydrogen) atoms. The summed E-state index contributed by atoms with van der Waals surface area (Å²) in [6.07, 6.45) is 0.497. The molecule has 4 N–H and O–H groups in total. The molecule has 68 valence electrons. The van der Waals surface area contributed by atoms with E-state index in [0.29, 0.717) is 17.9 Å². The molecule has 0 saturated heterocycles. The van der Waals surface area contributed by atoms with E-state index in [1.165, 1.54) is 0 Å². The van der Waals surface area contributed by atoms with Crippen molar-refractivity contribution in [2.45, 2.75) is 19.1 Å². The molecule has 0 saturated carbocycles. The number of rotatable bonds is 4. The first kappa shape index (κ1) is 9.25. The minimum atomic E-state index is -0.289. The third-order valence-electron chi connectivity index (χ3n) is 1.57. The van der Waals surface area contributed by atoms with Crippen LogP contribution in [0, 0.1) is 0 Å². The maximum absolute atomic E-state index is 8.67. The average molecular weight is 171 g/mol. The molecular formula is C8H13NO3. The normalized spacial score (nSPS) is 13.2. The Morgan fingerprint density at radius 1 is 1.33 bits per heavy atom. The van der Waals surface area contributed by atoms with E-state index in [9.17, 15) is 0 Å². The highest BCUT2D eigenvalue weighted by Crippen LogP contribution is 2.09. The van der Waals surface area contributed by atoms with Crippen molar-refractivity contribution in [1.29, 1.82) is 0 Å². The monoisotopic (exact) mass is 171 g/mol. The van der Waals surface area contributed by atoms with Gasteiger partial charge < -0.3 is 20.4 Å². The van der Waals surface area contributed by atoms with E-state index in [0.717, 1.165) is 0 Å². The lowest BCUT2D eigenvalue weighted by Gasteiger charge is -2.03. The van der Waals surface area contributed by atoms with Crippen molar-refractivity contribution >= 4 is 0 Å². The number of aliphatic hydroxyl groups is 2. The molecule has 1 aromatic rings. The van der Waals surface area contributed by atoms with Crippen LogP contribution in [0.15, 0.2) is 16.5 Å². The summed E-state index contributed by atoms with van der Waals surface area (Å²) in [6.45, 7) is -0.163. The van der Waals surface area contributed by atoms with E-state index in [2.05, 4.69) is 0 Å². The van der Waals surface area contributed by atoms with Gasteiger partial charge in [0.2, 0.25) is 0 Å². The maximum Gasteiger partial charge on any atom is 0.129 e. The van der Waals surface area contributed by atoms with Gasteiger partial charge in [-0.3, -0.25) is 0 Å². The standard InChI is InChI=1S/C8H13NO3/c9-6(4-10)3-7-1-2-8(5-11)12-7/h1-2,6,10-11H,3-5,9H2. The van der Waals surface area contributed by atoms with Crippen molar-refractivity contribution < 1.29 is 14.6 Å². The highest BCUT2D eigenvalue weighted by Gasteiger charge is 2.06. The van der Waals surface area contributed by atoms with Gasteiger partial charge >= 0.3 is 0 Å². The Morgan fingerprint density at radius 2 is 2.00 bits per heavy atom. The van der Waals surface area contributed by atoms with Crippen molar-refractivity contribution in [3.05, 3.63) is 23.7 Å². The summed E-state index contributed by atoms with van der Waals surface area (Å²) in [5, 5.41) is 17.3. The van der Waals surface area contributed by atoms with Crippen LogP contribution >= 0.6 is 0 Å². The first-order valence-electron chi connectivity index (χ1n) is 3.81. The van der Waals surface area contributed by atoms with Crippen LogP contribution in [0.5, 0.6) is 0 Å². The van der Waals surface area contributed by atoms with E-state index in [4.69, 9.17) is 20.4 Å². The quantitative estimate of drug-likeness (QED) is 0.577. The average Bonchev–Trinajstić information content (AvgIpc) is 2.52. The van der Waals surface area contributed by atoms with E-state index in [-0.39, 0.29) is 19.3 Å². The van der Waals surface area contributed by atoms with Crippen LogP contribution < -0.4 is 5.73 Å². The lowest BCUT2D eigenvalue weighted by atomic mass is 10.2. The lowest BCUT2D eigenvalue weighted by Crippen LogP contribution is -2.26. The molecule has 0 aliphatic heterocycles. The number of furan rings is 1. The Hall–Kier alpha value is -0.840. The van der Waals surface area contributed by atoms with E-state index >= 15 is 0 Å². The number of hydrogen-bond donors (Lipinski definition) is 3. The highest BCUT2D eigenvalue weighted by molar-refractivity contribution is 5.07. The SMILES string of the molecule is NC(CO)Cc1ccc(CO)o1. The minimum Gasteiger partial charge on any atom is -0.464 e. The van der Waals surface area contributed by atoms with E-state index < -0.39 is 0 Å². The predicted octanol–water partition coefficient (Wildman–Crippen LogP) is -0.366. The van der Waals surface area contributed by atoms with Crippen LogP contribution in [0.4, 0.5) is 0 Å². The van der Waals surface area contributed by atoms with Crippen LogP contribution in [0.2, 0.25) is 0 Å².